The van der Waals surface area contributed by atoms with E-state index in [9.17, 15) is 0 Å². The molecule has 0 aliphatic rings. The van der Waals surface area contributed by atoms with E-state index in [0.29, 0.717) is 5.02 Å². The highest BCUT2D eigenvalue weighted by atomic mass is 35.5. The van der Waals surface area contributed by atoms with Gasteiger partial charge in [-0.3, -0.25) is 0 Å². The van der Waals surface area contributed by atoms with Gasteiger partial charge in [0, 0.05) is 19.4 Å². The number of benzene rings is 1. The molecule has 1 aromatic carbocycles. The Kier molecular flexibility index (Phi) is 2.41. The Hall–Kier alpha value is -1.48. The number of rotatable bonds is 2. The summed E-state index contributed by atoms with van der Waals surface area (Å²) < 4.78 is 1.89. The fourth-order valence-electron chi connectivity index (χ4n) is 1.17. The number of aryl methyl sites for hydroxylation is 1. The topological polar surface area (TPSA) is 29.9 Å². The highest BCUT2D eigenvalue weighted by Gasteiger charge is 2.01. The molecule has 0 saturated carbocycles. The van der Waals surface area contributed by atoms with Crippen LogP contribution >= 0.6 is 11.6 Å². The highest BCUT2D eigenvalue weighted by molar-refractivity contribution is 6.33. The van der Waals surface area contributed by atoms with Crippen molar-refractivity contribution in [3.05, 3.63) is 41.7 Å². The van der Waals surface area contributed by atoms with E-state index in [0.717, 1.165) is 11.6 Å². The first kappa shape index (κ1) is 9.09. The number of hydrogen-bond donors (Lipinski definition) is 1. The van der Waals surface area contributed by atoms with E-state index in [-0.39, 0.29) is 0 Å². The fourth-order valence-corrected chi connectivity index (χ4v) is 1.35. The number of nitrogens with one attached hydrogen (secondary N) is 1. The van der Waals surface area contributed by atoms with Crippen LogP contribution in [0.5, 0.6) is 0 Å². The van der Waals surface area contributed by atoms with Gasteiger partial charge in [0.15, 0.2) is 0 Å². The number of anilines is 2. The quantitative estimate of drug-likeness (QED) is 0.821. The lowest BCUT2D eigenvalue weighted by atomic mass is 10.3. The SMILES string of the molecule is Cn1ccnc1Nc1ccccc1Cl. The van der Waals surface area contributed by atoms with Crippen LogP contribution in [0.15, 0.2) is 36.7 Å². The Labute approximate surface area is 87.3 Å². The maximum absolute atomic E-state index is 5.99. The highest BCUT2D eigenvalue weighted by Crippen LogP contribution is 2.23. The molecule has 14 heavy (non-hydrogen) atoms. The summed E-state index contributed by atoms with van der Waals surface area (Å²) in [5, 5.41) is 3.83. The van der Waals surface area contributed by atoms with Crippen molar-refractivity contribution in [1.82, 2.24) is 9.55 Å². The van der Waals surface area contributed by atoms with Gasteiger partial charge in [-0.25, -0.2) is 4.98 Å². The van der Waals surface area contributed by atoms with Crippen LogP contribution in [-0.4, -0.2) is 9.55 Å². The summed E-state index contributed by atoms with van der Waals surface area (Å²) >= 11 is 5.99. The van der Waals surface area contributed by atoms with Crippen LogP contribution in [0.1, 0.15) is 0 Å². The Morgan fingerprint density at radius 1 is 1.36 bits per heavy atom. The molecule has 0 aliphatic carbocycles. The average Bonchev–Trinajstić information content (AvgIpc) is 2.56. The molecule has 2 rings (SSSR count). The zero-order valence-electron chi connectivity index (χ0n) is 7.74. The summed E-state index contributed by atoms with van der Waals surface area (Å²) in [5.74, 6) is 0.776. The molecule has 0 spiro atoms. The van der Waals surface area contributed by atoms with Crippen molar-refractivity contribution < 1.29 is 0 Å². The number of hydrogen-bond acceptors (Lipinski definition) is 2. The first-order chi connectivity index (χ1) is 6.77. The lowest BCUT2D eigenvalue weighted by Crippen LogP contribution is -1.98. The van der Waals surface area contributed by atoms with E-state index in [4.69, 9.17) is 11.6 Å². The van der Waals surface area contributed by atoms with E-state index in [1.807, 2.05) is 42.1 Å². The van der Waals surface area contributed by atoms with Crippen LogP contribution in [0.3, 0.4) is 0 Å². The second-order valence-electron chi connectivity index (χ2n) is 2.97. The van der Waals surface area contributed by atoms with Crippen LogP contribution in [0.4, 0.5) is 11.6 Å². The van der Waals surface area contributed by atoms with Gasteiger partial charge in [-0.1, -0.05) is 23.7 Å². The van der Waals surface area contributed by atoms with Gasteiger partial charge in [0.05, 0.1) is 10.7 Å². The molecule has 3 nitrogen and oxygen atoms in total. The van der Waals surface area contributed by atoms with E-state index in [1.165, 1.54) is 0 Å². The number of para-hydroxylation sites is 1. The van der Waals surface area contributed by atoms with Gasteiger partial charge in [0.1, 0.15) is 0 Å². The Bertz CT molecular complexity index is 436. The van der Waals surface area contributed by atoms with Crippen molar-refractivity contribution in [2.45, 2.75) is 0 Å². The largest absolute Gasteiger partial charge is 0.324 e. The molecule has 0 atom stereocenters. The van der Waals surface area contributed by atoms with E-state index in [1.54, 1.807) is 6.20 Å². The molecule has 0 aliphatic heterocycles. The minimum atomic E-state index is 0.690. The first-order valence-electron chi connectivity index (χ1n) is 4.26. The summed E-state index contributed by atoms with van der Waals surface area (Å²) in [6.45, 7) is 0. The molecule has 0 saturated heterocycles. The zero-order chi connectivity index (χ0) is 9.97. The van der Waals surface area contributed by atoms with Gasteiger partial charge in [-0.05, 0) is 12.1 Å². The van der Waals surface area contributed by atoms with E-state index in [2.05, 4.69) is 10.3 Å². The predicted molar refractivity (Wildman–Crippen MR) is 57.9 cm³/mol. The molecule has 1 N–H and O–H groups in total. The lowest BCUT2D eigenvalue weighted by molar-refractivity contribution is 0.924. The zero-order valence-corrected chi connectivity index (χ0v) is 8.49. The Balaban J connectivity index is 2.28. The lowest BCUT2D eigenvalue weighted by Gasteiger charge is -2.06. The summed E-state index contributed by atoms with van der Waals surface area (Å²) in [6, 6.07) is 7.58. The van der Waals surface area contributed by atoms with Crippen LogP contribution < -0.4 is 5.32 Å². The molecule has 4 heteroatoms. The van der Waals surface area contributed by atoms with E-state index >= 15 is 0 Å². The molecular weight excluding hydrogens is 198 g/mol. The van der Waals surface area contributed by atoms with Crippen molar-refractivity contribution in [2.75, 3.05) is 5.32 Å². The normalized spacial score (nSPS) is 10.1. The third-order valence-corrected chi connectivity index (χ3v) is 2.27. The number of nitrogens with zero attached hydrogens (tertiary/aromatic N) is 2. The van der Waals surface area contributed by atoms with E-state index < -0.39 is 0 Å². The molecule has 0 bridgehead atoms. The average molecular weight is 208 g/mol. The first-order valence-corrected chi connectivity index (χ1v) is 4.64. The summed E-state index contributed by atoms with van der Waals surface area (Å²) in [4.78, 5) is 4.15. The second kappa shape index (κ2) is 3.72. The number of halogens is 1. The third kappa shape index (κ3) is 1.72. The van der Waals surface area contributed by atoms with Crippen molar-refractivity contribution >= 4 is 23.2 Å². The molecule has 2 aromatic rings. The Morgan fingerprint density at radius 2 is 2.14 bits per heavy atom. The van der Waals surface area contributed by atoms with Crippen molar-refractivity contribution in [2.24, 2.45) is 7.05 Å². The molecule has 1 heterocycles. The second-order valence-corrected chi connectivity index (χ2v) is 3.37. The van der Waals surface area contributed by atoms with Gasteiger partial charge in [0.25, 0.3) is 0 Å². The molecule has 0 amide bonds. The molecule has 0 fully saturated rings. The minimum Gasteiger partial charge on any atom is -0.324 e. The van der Waals surface area contributed by atoms with Gasteiger partial charge in [0.2, 0.25) is 5.95 Å². The van der Waals surface area contributed by atoms with Crippen LogP contribution in [0.25, 0.3) is 0 Å². The van der Waals surface area contributed by atoms with Gasteiger partial charge in [-0.2, -0.15) is 0 Å². The molecule has 0 unspecified atom stereocenters. The fraction of sp³-hybridized carbons (Fsp3) is 0.100. The monoisotopic (exact) mass is 207 g/mol. The minimum absolute atomic E-state index is 0.690. The predicted octanol–water partition coefficient (Wildman–Crippen LogP) is 2.82. The smallest absolute Gasteiger partial charge is 0.207 e. The number of imidazole rings is 1. The summed E-state index contributed by atoms with van der Waals surface area (Å²) in [7, 11) is 1.92. The maximum Gasteiger partial charge on any atom is 0.207 e. The summed E-state index contributed by atoms with van der Waals surface area (Å²) in [6.07, 6.45) is 3.61. The van der Waals surface area contributed by atoms with Crippen molar-refractivity contribution in [3.63, 3.8) is 0 Å². The molecule has 72 valence electrons. The number of aromatic nitrogens is 2. The van der Waals surface area contributed by atoms with Crippen molar-refractivity contribution in [3.8, 4) is 0 Å². The van der Waals surface area contributed by atoms with Crippen LogP contribution in [0, 0.1) is 0 Å². The van der Waals surface area contributed by atoms with Crippen LogP contribution in [-0.2, 0) is 7.05 Å². The Morgan fingerprint density at radius 3 is 2.79 bits per heavy atom. The molecule has 0 radical (unpaired) electrons. The maximum atomic E-state index is 5.99. The van der Waals surface area contributed by atoms with Crippen LogP contribution in [0.2, 0.25) is 5.02 Å². The van der Waals surface area contributed by atoms with Gasteiger partial charge in [-0.15, -0.1) is 0 Å². The van der Waals surface area contributed by atoms with Gasteiger partial charge >= 0.3 is 0 Å². The van der Waals surface area contributed by atoms with Crippen molar-refractivity contribution in [1.29, 1.82) is 0 Å². The van der Waals surface area contributed by atoms with Gasteiger partial charge < -0.3 is 9.88 Å². The third-order valence-electron chi connectivity index (χ3n) is 1.94. The molecular formula is C10H10ClN3. The summed E-state index contributed by atoms with van der Waals surface area (Å²) in [5.41, 5.74) is 0.864. The standard InChI is InChI=1S/C10H10ClN3/c1-14-7-6-12-10(14)13-9-5-3-2-4-8(9)11/h2-7H,1H3,(H,12,13). The molecule has 1 aromatic heterocycles.